The van der Waals surface area contributed by atoms with Crippen molar-refractivity contribution in [2.75, 3.05) is 14.2 Å². The summed E-state index contributed by atoms with van der Waals surface area (Å²) < 4.78 is 0. The number of nitrogens with zero attached hydrogens (tertiary/aromatic N) is 3. The molecule has 17 heavy (non-hydrogen) atoms. The van der Waals surface area contributed by atoms with E-state index in [-0.39, 0.29) is 11.6 Å². The largest absolute Gasteiger partial charge is 0.297 e. The minimum Gasteiger partial charge on any atom is -0.274 e. The molecule has 0 aliphatic heterocycles. The fourth-order valence-corrected chi connectivity index (χ4v) is 1.41. The van der Waals surface area contributed by atoms with E-state index in [9.17, 15) is 4.79 Å². The number of benzene rings is 1. The Morgan fingerprint density at radius 2 is 2.12 bits per heavy atom. The summed E-state index contributed by atoms with van der Waals surface area (Å²) in [5.74, 6) is -0.357. The van der Waals surface area contributed by atoms with Crippen molar-refractivity contribution in [2.45, 2.75) is 0 Å². The highest BCUT2D eigenvalue weighted by Gasteiger charge is 2.14. The van der Waals surface area contributed by atoms with Gasteiger partial charge >= 0.3 is 0 Å². The normalized spacial score (nSPS) is 10.5. The summed E-state index contributed by atoms with van der Waals surface area (Å²) in [5.41, 5.74) is 1.52. The lowest BCUT2D eigenvalue weighted by Gasteiger charge is -2.12. The average molecular weight is 227 g/mol. The van der Waals surface area contributed by atoms with E-state index in [1.165, 1.54) is 14.2 Å². The molecule has 1 aromatic heterocycles. The predicted molar refractivity (Wildman–Crippen MR) is 64.0 cm³/mol. The van der Waals surface area contributed by atoms with Crippen molar-refractivity contribution in [3.63, 3.8) is 0 Å². The van der Waals surface area contributed by atoms with Crippen LogP contribution in [0.4, 0.5) is 0 Å². The van der Waals surface area contributed by atoms with E-state index in [1.807, 2.05) is 0 Å². The van der Waals surface area contributed by atoms with Crippen LogP contribution in [0.5, 0.6) is 0 Å². The number of carbonyl (C=O) groups excluding carboxylic acids is 1. The summed E-state index contributed by atoms with van der Waals surface area (Å²) in [6, 6.07) is 6.87. The lowest BCUT2D eigenvalue weighted by atomic mass is 9.95. The first-order valence-electron chi connectivity index (χ1n) is 4.97. The number of rotatable bonds is 2. The summed E-state index contributed by atoms with van der Waals surface area (Å²) in [6.45, 7) is 0. The highest BCUT2D eigenvalue weighted by molar-refractivity contribution is 6.33. The van der Waals surface area contributed by atoms with Crippen LogP contribution >= 0.6 is 0 Å². The Kier molecular flexibility index (Phi) is 3.06. The SMILES string of the molecule is [B]c1ccc2nnc(C(=O)N(C)OC)cc2c1. The van der Waals surface area contributed by atoms with E-state index in [1.54, 1.807) is 24.3 Å². The predicted octanol–water partition coefficient (Wildman–Crippen LogP) is 0.0570. The Morgan fingerprint density at radius 1 is 1.35 bits per heavy atom. The van der Waals surface area contributed by atoms with Gasteiger partial charge in [0.1, 0.15) is 7.85 Å². The topological polar surface area (TPSA) is 55.3 Å². The molecule has 0 N–H and O–H groups in total. The molecule has 6 heteroatoms. The molecule has 1 amide bonds. The fraction of sp³-hybridized carbons (Fsp3) is 0.182. The highest BCUT2D eigenvalue weighted by Crippen LogP contribution is 2.10. The van der Waals surface area contributed by atoms with Crippen molar-refractivity contribution in [3.05, 3.63) is 30.0 Å². The lowest BCUT2D eigenvalue weighted by molar-refractivity contribution is -0.0760. The van der Waals surface area contributed by atoms with Gasteiger partial charge in [0.15, 0.2) is 5.69 Å². The van der Waals surface area contributed by atoms with E-state index in [0.717, 1.165) is 10.4 Å². The lowest BCUT2D eigenvalue weighted by Crippen LogP contribution is -2.26. The minimum absolute atomic E-state index is 0.215. The van der Waals surface area contributed by atoms with Crippen LogP contribution in [-0.4, -0.2) is 43.2 Å². The van der Waals surface area contributed by atoms with Gasteiger partial charge in [0.25, 0.3) is 5.91 Å². The first-order valence-corrected chi connectivity index (χ1v) is 4.97. The van der Waals surface area contributed by atoms with Crippen LogP contribution in [0.1, 0.15) is 10.5 Å². The van der Waals surface area contributed by atoms with Gasteiger partial charge in [0, 0.05) is 12.4 Å². The van der Waals surface area contributed by atoms with Crippen LogP contribution in [0.15, 0.2) is 24.3 Å². The average Bonchev–Trinajstić information content (AvgIpc) is 2.36. The van der Waals surface area contributed by atoms with Gasteiger partial charge in [-0.05, 0) is 12.1 Å². The monoisotopic (exact) mass is 227 g/mol. The molecule has 1 heterocycles. The van der Waals surface area contributed by atoms with Crippen LogP contribution in [0.2, 0.25) is 0 Å². The number of amides is 1. The quantitative estimate of drug-likeness (QED) is 0.537. The third-order valence-electron chi connectivity index (χ3n) is 2.39. The maximum atomic E-state index is 11.8. The van der Waals surface area contributed by atoms with Gasteiger partial charge in [-0.15, -0.1) is 10.2 Å². The maximum absolute atomic E-state index is 11.8. The molecule has 0 spiro atoms. The van der Waals surface area contributed by atoms with Gasteiger partial charge in [-0.1, -0.05) is 17.6 Å². The van der Waals surface area contributed by atoms with Crippen LogP contribution < -0.4 is 5.46 Å². The molecule has 0 aliphatic carbocycles. The molecule has 0 fully saturated rings. The van der Waals surface area contributed by atoms with E-state index < -0.39 is 0 Å². The standard InChI is InChI=1S/C11H10BN3O2/c1-15(17-2)11(16)10-6-7-5-8(12)3-4-9(7)13-14-10/h3-6H,1-2H3. The number of aromatic nitrogens is 2. The van der Waals surface area contributed by atoms with Crippen LogP contribution in [-0.2, 0) is 4.84 Å². The second-order valence-corrected chi connectivity index (χ2v) is 3.53. The van der Waals surface area contributed by atoms with Crippen LogP contribution in [0, 0.1) is 0 Å². The Bertz CT molecular complexity index is 574. The number of hydrogen-bond acceptors (Lipinski definition) is 4. The Balaban J connectivity index is 2.47. The van der Waals surface area contributed by atoms with Crippen molar-refractivity contribution in [2.24, 2.45) is 0 Å². The summed E-state index contributed by atoms with van der Waals surface area (Å²) in [7, 11) is 8.58. The molecule has 5 nitrogen and oxygen atoms in total. The molecular weight excluding hydrogens is 217 g/mol. The molecule has 1 aromatic carbocycles. The van der Waals surface area contributed by atoms with Crippen molar-refractivity contribution < 1.29 is 9.63 Å². The van der Waals surface area contributed by atoms with E-state index in [0.29, 0.717) is 11.0 Å². The van der Waals surface area contributed by atoms with Crippen molar-refractivity contribution in [3.8, 4) is 0 Å². The first-order chi connectivity index (χ1) is 8.11. The van der Waals surface area contributed by atoms with Crippen LogP contribution in [0.3, 0.4) is 0 Å². The second kappa shape index (κ2) is 4.51. The molecule has 0 unspecified atom stereocenters. The number of fused-ring (bicyclic) bond motifs is 1. The second-order valence-electron chi connectivity index (χ2n) is 3.53. The van der Waals surface area contributed by atoms with Gasteiger partial charge in [-0.2, -0.15) is 0 Å². The molecule has 0 atom stereocenters. The third kappa shape index (κ3) is 2.26. The summed E-state index contributed by atoms with van der Waals surface area (Å²) in [4.78, 5) is 16.6. The first kappa shape index (κ1) is 11.5. The maximum Gasteiger partial charge on any atom is 0.297 e. The summed E-state index contributed by atoms with van der Waals surface area (Å²) in [6.07, 6.45) is 0. The fourth-order valence-electron chi connectivity index (χ4n) is 1.41. The smallest absolute Gasteiger partial charge is 0.274 e. The number of hydrogen-bond donors (Lipinski definition) is 0. The molecule has 0 saturated carbocycles. The number of hydroxylamine groups is 2. The Labute approximate surface area is 99.8 Å². The summed E-state index contributed by atoms with van der Waals surface area (Å²) >= 11 is 0. The zero-order valence-electron chi connectivity index (χ0n) is 9.54. The van der Waals surface area contributed by atoms with Gasteiger partial charge in [0.2, 0.25) is 0 Å². The molecule has 2 aromatic rings. The molecule has 0 saturated heterocycles. The van der Waals surface area contributed by atoms with Gasteiger partial charge < -0.3 is 0 Å². The van der Waals surface area contributed by atoms with E-state index in [4.69, 9.17) is 12.7 Å². The molecule has 0 bridgehead atoms. The van der Waals surface area contributed by atoms with Gasteiger partial charge in [0.05, 0.1) is 12.6 Å². The van der Waals surface area contributed by atoms with E-state index in [2.05, 4.69) is 10.2 Å². The third-order valence-corrected chi connectivity index (χ3v) is 2.39. The van der Waals surface area contributed by atoms with Crippen molar-refractivity contribution >= 4 is 30.1 Å². The molecule has 0 aliphatic rings. The molecule has 84 valence electrons. The summed E-state index contributed by atoms with van der Waals surface area (Å²) in [5, 5.41) is 9.65. The minimum atomic E-state index is -0.357. The van der Waals surface area contributed by atoms with Gasteiger partial charge in [-0.3, -0.25) is 9.63 Å². The Hall–Kier alpha value is -1.95. The zero-order chi connectivity index (χ0) is 12.4. The Morgan fingerprint density at radius 3 is 2.82 bits per heavy atom. The van der Waals surface area contributed by atoms with E-state index >= 15 is 0 Å². The van der Waals surface area contributed by atoms with Crippen molar-refractivity contribution in [1.29, 1.82) is 0 Å². The number of carbonyl (C=O) groups is 1. The molecule has 2 radical (unpaired) electrons. The van der Waals surface area contributed by atoms with Gasteiger partial charge in [-0.25, -0.2) is 5.06 Å². The highest BCUT2D eigenvalue weighted by atomic mass is 16.7. The zero-order valence-corrected chi connectivity index (χ0v) is 9.54. The van der Waals surface area contributed by atoms with Crippen molar-refractivity contribution in [1.82, 2.24) is 15.3 Å². The molecular formula is C11H10BN3O2. The van der Waals surface area contributed by atoms with Crippen LogP contribution in [0.25, 0.3) is 10.9 Å². The molecule has 2 rings (SSSR count).